The number of thiazole rings is 1. The van der Waals surface area contributed by atoms with Crippen molar-refractivity contribution >= 4 is 39.8 Å². The van der Waals surface area contributed by atoms with Crippen molar-refractivity contribution in [3.63, 3.8) is 0 Å². The van der Waals surface area contributed by atoms with Gasteiger partial charge in [-0.2, -0.15) is 0 Å². The molecule has 0 aromatic carbocycles. The summed E-state index contributed by atoms with van der Waals surface area (Å²) >= 11 is 2.83. The molecule has 1 aliphatic rings. The molecule has 0 fully saturated rings. The molecule has 1 aliphatic heterocycles. The van der Waals surface area contributed by atoms with Gasteiger partial charge in [0.15, 0.2) is 5.78 Å². The average molecular weight is 389 g/mol. The number of allylic oxidation sites excluding steroid dienone is 1. The first kappa shape index (κ1) is 18.8. The van der Waals surface area contributed by atoms with Crippen LogP contribution in [-0.2, 0) is 9.59 Å². The lowest BCUT2D eigenvalue weighted by molar-refractivity contribution is -0.127. The Morgan fingerprint density at radius 2 is 2.27 bits per heavy atom. The number of rotatable bonds is 6. The van der Waals surface area contributed by atoms with Gasteiger partial charge in [-0.3, -0.25) is 14.6 Å². The normalized spacial score (nSPS) is 18.5. The zero-order valence-corrected chi connectivity index (χ0v) is 16.2. The van der Waals surface area contributed by atoms with E-state index in [1.54, 1.807) is 19.3 Å². The Kier molecular flexibility index (Phi) is 5.55. The monoisotopic (exact) mass is 388 g/mol. The van der Waals surface area contributed by atoms with E-state index in [-0.39, 0.29) is 23.4 Å². The topological polar surface area (TPSA) is 98.0 Å². The Balaban J connectivity index is 1.66. The standard InChI is InChI=1S/C18H20N4O2S2/c1-11-16(26-17(21-11)12-5-3-7-20-10-12)22-14(23)9-18(2,19)15(24)13-6-4-8-25-13/h3-5,7-8,10,13H,6,9,19H2,1-2H3,(H,22,23). The maximum absolute atomic E-state index is 12.5. The van der Waals surface area contributed by atoms with E-state index in [9.17, 15) is 9.59 Å². The van der Waals surface area contributed by atoms with Gasteiger partial charge in [-0.25, -0.2) is 4.98 Å². The minimum absolute atomic E-state index is 0.0670. The molecule has 2 aromatic heterocycles. The molecule has 0 saturated heterocycles. The Morgan fingerprint density at radius 3 is 2.92 bits per heavy atom. The van der Waals surface area contributed by atoms with Crippen LogP contribution in [-0.4, -0.2) is 32.4 Å². The molecular weight excluding hydrogens is 368 g/mol. The third-order valence-electron chi connectivity index (χ3n) is 4.03. The molecule has 0 bridgehead atoms. The second kappa shape index (κ2) is 7.69. The van der Waals surface area contributed by atoms with Crippen LogP contribution in [0.2, 0.25) is 0 Å². The minimum atomic E-state index is -1.20. The first-order valence-corrected chi connectivity index (χ1v) is 9.94. The van der Waals surface area contributed by atoms with Crippen LogP contribution in [0, 0.1) is 6.92 Å². The van der Waals surface area contributed by atoms with Crippen LogP contribution in [0.4, 0.5) is 5.00 Å². The SMILES string of the molecule is Cc1nc(-c2cccnc2)sc1NC(=O)CC(C)(N)C(=O)C1CC=CS1. The van der Waals surface area contributed by atoms with Gasteiger partial charge in [0, 0.05) is 18.0 Å². The molecule has 0 aliphatic carbocycles. The number of carbonyl (C=O) groups excluding carboxylic acids is 2. The Hall–Kier alpha value is -2.03. The quantitative estimate of drug-likeness (QED) is 0.789. The van der Waals surface area contributed by atoms with Crippen molar-refractivity contribution in [3.05, 3.63) is 41.7 Å². The third kappa shape index (κ3) is 4.20. The highest BCUT2D eigenvalue weighted by atomic mass is 32.2. The fraction of sp³-hybridized carbons (Fsp3) is 0.333. The number of aryl methyl sites for hydroxylation is 1. The summed E-state index contributed by atoms with van der Waals surface area (Å²) in [5, 5.41) is 6.00. The number of Topliss-reactive ketones (excluding diaryl/α,β-unsaturated/α-hetero) is 1. The predicted octanol–water partition coefficient (Wildman–Crippen LogP) is 3.15. The molecular formula is C18H20N4O2S2. The number of nitrogens with one attached hydrogen (secondary N) is 1. The minimum Gasteiger partial charge on any atom is -0.319 e. The van der Waals surface area contributed by atoms with E-state index < -0.39 is 5.54 Å². The summed E-state index contributed by atoms with van der Waals surface area (Å²) in [5.74, 6) is -0.386. The number of amides is 1. The largest absolute Gasteiger partial charge is 0.319 e. The molecule has 3 N–H and O–H groups in total. The maximum Gasteiger partial charge on any atom is 0.227 e. The van der Waals surface area contributed by atoms with Crippen molar-refractivity contribution in [1.82, 2.24) is 9.97 Å². The Morgan fingerprint density at radius 1 is 1.46 bits per heavy atom. The van der Waals surface area contributed by atoms with E-state index in [4.69, 9.17) is 5.73 Å². The summed E-state index contributed by atoms with van der Waals surface area (Å²) in [7, 11) is 0. The molecule has 0 saturated carbocycles. The molecule has 0 radical (unpaired) electrons. The molecule has 8 heteroatoms. The molecule has 3 heterocycles. The van der Waals surface area contributed by atoms with E-state index >= 15 is 0 Å². The van der Waals surface area contributed by atoms with Gasteiger partial charge in [-0.05, 0) is 37.8 Å². The van der Waals surface area contributed by atoms with Gasteiger partial charge in [0.2, 0.25) is 5.91 Å². The van der Waals surface area contributed by atoms with E-state index in [2.05, 4.69) is 15.3 Å². The van der Waals surface area contributed by atoms with Crippen molar-refractivity contribution in [2.75, 3.05) is 5.32 Å². The number of hydrogen-bond donors (Lipinski definition) is 2. The molecule has 2 unspecified atom stereocenters. The van der Waals surface area contributed by atoms with Gasteiger partial charge >= 0.3 is 0 Å². The van der Waals surface area contributed by atoms with Crippen molar-refractivity contribution in [2.45, 2.75) is 37.5 Å². The molecule has 6 nitrogen and oxygen atoms in total. The highest BCUT2D eigenvalue weighted by molar-refractivity contribution is 8.03. The zero-order chi connectivity index (χ0) is 18.7. The smallest absolute Gasteiger partial charge is 0.227 e. The van der Waals surface area contributed by atoms with Crippen LogP contribution in [0.25, 0.3) is 10.6 Å². The molecule has 2 aromatic rings. The van der Waals surface area contributed by atoms with Gasteiger partial charge in [-0.15, -0.1) is 11.8 Å². The maximum atomic E-state index is 12.5. The van der Waals surface area contributed by atoms with Crippen LogP contribution < -0.4 is 11.1 Å². The number of aromatic nitrogens is 2. The number of hydrogen-bond acceptors (Lipinski definition) is 7. The van der Waals surface area contributed by atoms with Gasteiger partial charge < -0.3 is 11.1 Å². The van der Waals surface area contributed by atoms with Crippen molar-refractivity contribution in [2.24, 2.45) is 5.73 Å². The average Bonchev–Trinajstić information content (AvgIpc) is 3.25. The molecule has 3 rings (SSSR count). The second-order valence-electron chi connectivity index (χ2n) is 6.41. The Labute approximate surface area is 160 Å². The summed E-state index contributed by atoms with van der Waals surface area (Å²) in [4.78, 5) is 33.5. The lowest BCUT2D eigenvalue weighted by Crippen LogP contribution is -2.51. The van der Waals surface area contributed by atoms with E-state index in [1.165, 1.54) is 23.1 Å². The third-order valence-corrected chi connectivity index (χ3v) is 6.24. The number of anilines is 1. The van der Waals surface area contributed by atoms with E-state index in [0.717, 1.165) is 16.3 Å². The highest BCUT2D eigenvalue weighted by Crippen LogP contribution is 2.32. The molecule has 1 amide bonds. The van der Waals surface area contributed by atoms with E-state index in [1.807, 2.05) is 30.5 Å². The number of thioether (sulfide) groups is 1. The van der Waals surface area contributed by atoms with Crippen molar-refractivity contribution in [3.8, 4) is 10.6 Å². The van der Waals surface area contributed by atoms with Crippen molar-refractivity contribution in [1.29, 1.82) is 0 Å². The number of nitrogens with zero attached hydrogens (tertiary/aromatic N) is 2. The van der Waals surface area contributed by atoms with Crippen LogP contribution in [0.3, 0.4) is 0 Å². The molecule has 26 heavy (non-hydrogen) atoms. The predicted molar refractivity (Wildman–Crippen MR) is 106 cm³/mol. The fourth-order valence-electron chi connectivity index (χ4n) is 2.64. The first-order chi connectivity index (χ1) is 12.4. The van der Waals surface area contributed by atoms with Crippen LogP contribution in [0.15, 0.2) is 36.0 Å². The fourth-order valence-corrected chi connectivity index (χ4v) is 4.64. The first-order valence-electron chi connectivity index (χ1n) is 8.18. The number of nitrogens with two attached hydrogens (primary N) is 1. The van der Waals surface area contributed by atoms with Crippen LogP contribution in [0.5, 0.6) is 0 Å². The molecule has 0 spiro atoms. The lowest BCUT2D eigenvalue weighted by Gasteiger charge is -2.25. The van der Waals surface area contributed by atoms with Gasteiger partial charge in [-0.1, -0.05) is 17.4 Å². The lowest BCUT2D eigenvalue weighted by atomic mass is 9.90. The van der Waals surface area contributed by atoms with E-state index in [0.29, 0.717) is 11.4 Å². The van der Waals surface area contributed by atoms with Crippen LogP contribution >= 0.6 is 23.1 Å². The summed E-state index contributed by atoms with van der Waals surface area (Å²) in [6, 6.07) is 3.76. The number of ketones is 1. The van der Waals surface area contributed by atoms with Gasteiger partial charge in [0.1, 0.15) is 10.0 Å². The summed E-state index contributed by atoms with van der Waals surface area (Å²) in [5.41, 5.74) is 6.58. The summed E-state index contributed by atoms with van der Waals surface area (Å²) in [6.07, 6.45) is 5.98. The van der Waals surface area contributed by atoms with Crippen molar-refractivity contribution < 1.29 is 9.59 Å². The number of pyridine rings is 1. The molecule has 136 valence electrons. The number of carbonyl (C=O) groups is 2. The summed E-state index contributed by atoms with van der Waals surface area (Å²) in [6.45, 7) is 3.45. The van der Waals surface area contributed by atoms with Gasteiger partial charge in [0.05, 0.1) is 22.9 Å². The highest BCUT2D eigenvalue weighted by Gasteiger charge is 2.37. The molecule has 2 atom stereocenters. The Bertz CT molecular complexity index is 838. The summed E-state index contributed by atoms with van der Waals surface area (Å²) < 4.78 is 0. The van der Waals surface area contributed by atoms with Gasteiger partial charge in [0.25, 0.3) is 0 Å². The van der Waals surface area contributed by atoms with Crippen LogP contribution in [0.1, 0.15) is 25.5 Å². The second-order valence-corrected chi connectivity index (χ2v) is 8.53. The zero-order valence-electron chi connectivity index (χ0n) is 14.6.